The highest BCUT2D eigenvalue weighted by Gasteiger charge is 2.27. The van der Waals surface area contributed by atoms with Gasteiger partial charge in [-0.1, -0.05) is 36.4 Å². The molecule has 1 fully saturated rings. The van der Waals surface area contributed by atoms with E-state index in [2.05, 4.69) is 48.2 Å². The zero-order valence-electron chi connectivity index (χ0n) is 19.6. The Labute approximate surface area is 195 Å². The molecule has 33 heavy (non-hydrogen) atoms. The monoisotopic (exact) mass is 448 g/mol. The van der Waals surface area contributed by atoms with Gasteiger partial charge in [0.25, 0.3) is 0 Å². The molecule has 8 heteroatoms. The third kappa shape index (κ3) is 6.09. The molecule has 0 bridgehead atoms. The van der Waals surface area contributed by atoms with Gasteiger partial charge in [-0.25, -0.2) is 9.78 Å². The van der Waals surface area contributed by atoms with Gasteiger partial charge in [-0.05, 0) is 51.3 Å². The highest BCUT2D eigenvalue weighted by Crippen LogP contribution is 2.29. The van der Waals surface area contributed by atoms with Crippen LogP contribution < -0.4 is 10.2 Å². The molecule has 1 aliphatic rings. The maximum absolute atomic E-state index is 12.2. The fraction of sp³-hybridized carbons (Fsp3) is 0.440. The number of rotatable bonds is 6. The number of nitrogens with one attached hydrogen (secondary N) is 1. The number of anilines is 1. The Bertz CT molecular complexity index is 1040. The van der Waals surface area contributed by atoms with Crippen molar-refractivity contribution in [3.05, 3.63) is 71.9 Å². The normalized spacial score (nSPS) is 14.8. The van der Waals surface area contributed by atoms with Gasteiger partial charge in [0.1, 0.15) is 17.2 Å². The van der Waals surface area contributed by atoms with E-state index in [4.69, 9.17) is 4.74 Å². The minimum absolute atomic E-state index is 0.265. The zero-order valence-corrected chi connectivity index (χ0v) is 19.6. The first-order valence-corrected chi connectivity index (χ1v) is 11.5. The molecular formula is C25H32N6O2. The van der Waals surface area contributed by atoms with Crippen LogP contribution in [0, 0.1) is 0 Å². The van der Waals surface area contributed by atoms with Gasteiger partial charge in [0.15, 0.2) is 5.82 Å². The second-order valence-corrected chi connectivity index (χ2v) is 9.35. The molecule has 3 aromatic rings. The van der Waals surface area contributed by atoms with E-state index in [0.29, 0.717) is 12.5 Å². The lowest BCUT2D eigenvalue weighted by Gasteiger charge is -2.32. The van der Waals surface area contributed by atoms with Crippen LogP contribution in [0.5, 0.6) is 0 Å². The number of benzene rings is 1. The average Bonchev–Trinajstić information content (AvgIpc) is 3.20. The number of pyridine rings is 1. The Balaban J connectivity index is 1.49. The molecule has 8 nitrogen and oxygen atoms in total. The van der Waals surface area contributed by atoms with Crippen molar-refractivity contribution in [2.45, 2.75) is 58.2 Å². The summed E-state index contributed by atoms with van der Waals surface area (Å²) in [6.07, 6.45) is 3.33. The van der Waals surface area contributed by atoms with Gasteiger partial charge in [-0.3, -0.25) is 0 Å². The fourth-order valence-corrected chi connectivity index (χ4v) is 4.09. The number of nitrogens with zero attached hydrogens (tertiary/aromatic N) is 5. The van der Waals surface area contributed by atoms with Crippen LogP contribution in [0.4, 0.5) is 10.6 Å². The number of hydrogen-bond acceptors (Lipinski definition) is 6. The molecule has 1 aromatic carbocycles. The van der Waals surface area contributed by atoms with Crippen LogP contribution in [0.3, 0.4) is 0 Å². The number of amides is 1. The highest BCUT2D eigenvalue weighted by molar-refractivity contribution is 5.67. The number of carbonyl (C=O) groups excluding carboxylic acids is 1. The van der Waals surface area contributed by atoms with Crippen molar-refractivity contribution in [3.63, 3.8) is 0 Å². The van der Waals surface area contributed by atoms with Crippen LogP contribution in [0.2, 0.25) is 0 Å². The van der Waals surface area contributed by atoms with Crippen molar-refractivity contribution in [2.75, 3.05) is 18.0 Å². The molecule has 1 amide bonds. The van der Waals surface area contributed by atoms with Gasteiger partial charge in [0, 0.05) is 25.2 Å². The summed E-state index contributed by atoms with van der Waals surface area (Å²) in [5.74, 6) is 3.02. The zero-order chi connectivity index (χ0) is 23.3. The maximum Gasteiger partial charge on any atom is 0.408 e. The third-order valence-corrected chi connectivity index (χ3v) is 5.66. The van der Waals surface area contributed by atoms with E-state index in [1.807, 2.05) is 57.3 Å². The van der Waals surface area contributed by atoms with E-state index in [1.165, 1.54) is 5.56 Å². The van der Waals surface area contributed by atoms with Gasteiger partial charge in [0.05, 0.1) is 13.1 Å². The summed E-state index contributed by atoms with van der Waals surface area (Å²) in [7, 11) is 0. The third-order valence-electron chi connectivity index (χ3n) is 5.66. The lowest BCUT2D eigenvalue weighted by molar-refractivity contribution is 0.0521. The Kier molecular flexibility index (Phi) is 6.91. The number of carbonyl (C=O) groups is 1. The quantitative estimate of drug-likeness (QED) is 0.610. The second-order valence-electron chi connectivity index (χ2n) is 9.35. The van der Waals surface area contributed by atoms with Crippen molar-refractivity contribution in [3.8, 4) is 0 Å². The summed E-state index contributed by atoms with van der Waals surface area (Å²) in [4.78, 5) is 19.0. The molecule has 0 atom stereocenters. The van der Waals surface area contributed by atoms with Crippen molar-refractivity contribution in [2.24, 2.45) is 0 Å². The Morgan fingerprint density at radius 1 is 1.06 bits per heavy atom. The first-order valence-electron chi connectivity index (χ1n) is 11.5. The van der Waals surface area contributed by atoms with E-state index < -0.39 is 11.7 Å². The molecule has 0 unspecified atom stereocenters. The van der Waals surface area contributed by atoms with Gasteiger partial charge in [-0.15, -0.1) is 10.2 Å². The molecule has 1 saturated heterocycles. The van der Waals surface area contributed by atoms with Crippen LogP contribution in [0.15, 0.2) is 54.7 Å². The lowest BCUT2D eigenvalue weighted by atomic mass is 9.95. The predicted molar refractivity (Wildman–Crippen MR) is 127 cm³/mol. The summed E-state index contributed by atoms with van der Waals surface area (Å²) in [6.45, 7) is 8.31. The Hall–Kier alpha value is -3.42. The van der Waals surface area contributed by atoms with Crippen LogP contribution in [-0.2, 0) is 17.8 Å². The van der Waals surface area contributed by atoms with Crippen molar-refractivity contribution in [1.29, 1.82) is 0 Å². The van der Waals surface area contributed by atoms with Crippen LogP contribution in [0.1, 0.15) is 56.7 Å². The molecular weight excluding hydrogens is 416 g/mol. The molecule has 4 rings (SSSR count). The molecule has 1 aliphatic heterocycles. The van der Waals surface area contributed by atoms with Crippen LogP contribution in [0.25, 0.3) is 0 Å². The summed E-state index contributed by atoms with van der Waals surface area (Å²) >= 11 is 0. The molecule has 2 aromatic heterocycles. The first-order chi connectivity index (χ1) is 15.9. The van der Waals surface area contributed by atoms with Crippen molar-refractivity contribution < 1.29 is 9.53 Å². The van der Waals surface area contributed by atoms with Crippen LogP contribution in [-0.4, -0.2) is 44.5 Å². The number of aromatic nitrogens is 4. The second kappa shape index (κ2) is 10.0. The molecule has 0 saturated carbocycles. The number of alkyl carbamates (subject to hydrolysis) is 1. The molecule has 174 valence electrons. The largest absolute Gasteiger partial charge is 0.444 e. The van der Waals surface area contributed by atoms with Gasteiger partial charge in [0.2, 0.25) is 0 Å². The minimum Gasteiger partial charge on any atom is -0.444 e. The molecule has 0 spiro atoms. The summed E-state index contributed by atoms with van der Waals surface area (Å²) in [6, 6.07) is 16.3. The SMILES string of the molecule is CC(C)(C)OC(=O)NCc1nnc(C2CCN(c3ccccn3)CC2)n1Cc1ccccc1. The Morgan fingerprint density at radius 3 is 2.45 bits per heavy atom. The summed E-state index contributed by atoms with van der Waals surface area (Å²) < 4.78 is 7.52. The van der Waals surface area contributed by atoms with E-state index in [0.717, 1.165) is 43.4 Å². The standard InChI is InChI=1S/C25H32N6O2/c1-25(2,3)33-24(32)27-17-22-28-29-23(31(22)18-19-9-5-4-6-10-19)20-12-15-30(16-13-20)21-11-7-8-14-26-21/h4-11,14,20H,12-13,15-18H2,1-3H3,(H,27,32). The fourth-order valence-electron chi connectivity index (χ4n) is 4.09. The van der Waals surface area contributed by atoms with E-state index in [-0.39, 0.29) is 6.54 Å². The highest BCUT2D eigenvalue weighted by atomic mass is 16.6. The number of hydrogen-bond donors (Lipinski definition) is 1. The van der Waals surface area contributed by atoms with Gasteiger partial charge in [-0.2, -0.15) is 0 Å². The predicted octanol–water partition coefficient (Wildman–Crippen LogP) is 4.13. The van der Waals surface area contributed by atoms with E-state index in [9.17, 15) is 4.79 Å². The first kappa shape index (κ1) is 22.8. The summed E-state index contributed by atoms with van der Waals surface area (Å²) in [5.41, 5.74) is 0.622. The Morgan fingerprint density at radius 2 is 1.79 bits per heavy atom. The molecule has 1 N–H and O–H groups in total. The summed E-state index contributed by atoms with van der Waals surface area (Å²) in [5, 5.41) is 11.8. The maximum atomic E-state index is 12.2. The lowest BCUT2D eigenvalue weighted by Crippen LogP contribution is -2.34. The van der Waals surface area contributed by atoms with E-state index >= 15 is 0 Å². The minimum atomic E-state index is -0.547. The number of piperidine rings is 1. The van der Waals surface area contributed by atoms with Crippen LogP contribution >= 0.6 is 0 Å². The van der Waals surface area contributed by atoms with Crippen molar-refractivity contribution in [1.82, 2.24) is 25.1 Å². The number of ether oxygens (including phenoxy) is 1. The van der Waals surface area contributed by atoms with E-state index in [1.54, 1.807) is 0 Å². The molecule has 0 radical (unpaired) electrons. The van der Waals surface area contributed by atoms with Gasteiger partial charge >= 0.3 is 6.09 Å². The van der Waals surface area contributed by atoms with Gasteiger partial charge < -0.3 is 19.5 Å². The molecule has 3 heterocycles. The average molecular weight is 449 g/mol. The van der Waals surface area contributed by atoms with Crippen molar-refractivity contribution >= 4 is 11.9 Å². The molecule has 0 aliphatic carbocycles. The smallest absolute Gasteiger partial charge is 0.408 e. The topological polar surface area (TPSA) is 85.2 Å².